The smallest absolute Gasteiger partial charge is 0.137 e. The summed E-state index contributed by atoms with van der Waals surface area (Å²) in [6.07, 6.45) is 0. The fourth-order valence-corrected chi connectivity index (χ4v) is 1.05. The summed E-state index contributed by atoms with van der Waals surface area (Å²) < 4.78 is 17.7. The molecule has 1 nitrogen and oxygen atoms in total. The number of ether oxygens (including phenoxy) is 1. The quantitative estimate of drug-likeness (QED) is 0.640. The Labute approximate surface area is 70.6 Å². The lowest BCUT2D eigenvalue weighted by Crippen LogP contribution is -1.90. The molecular formula is C8H9FOS. The number of halogens is 1. The van der Waals surface area contributed by atoms with Crippen LogP contribution in [0.5, 0.6) is 5.75 Å². The van der Waals surface area contributed by atoms with E-state index in [1.54, 1.807) is 20.1 Å². The number of thiol groups is 1. The highest BCUT2D eigenvalue weighted by Crippen LogP contribution is 2.25. The van der Waals surface area contributed by atoms with E-state index < -0.39 is 0 Å². The van der Waals surface area contributed by atoms with Crippen molar-refractivity contribution >= 4 is 12.6 Å². The van der Waals surface area contributed by atoms with Crippen LogP contribution < -0.4 is 4.74 Å². The lowest BCUT2D eigenvalue weighted by atomic mass is 10.2. The number of rotatable bonds is 1. The normalized spacial score (nSPS) is 9.82. The Morgan fingerprint density at radius 3 is 2.64 bits per heavy atom. The second kappa shape index (κ2) is 3.13. The Hall–Kier alpha value is -0.700. The molecule has 60 valence electrons. The van der Waals surface area contributed by atoms with Crippen LogP contribution in [0.1, 0.15) is 5.56 Å². The molecule has 0 spiro atoms. The standard InChI is InChI=1S/C8H9FOS/c1-5-7(10-2)4-3-6(9)8(5)11/h3-4,11H,1-2H3. The van der Waals surface area contributed by atoms with E-state index in [0.29, 0.717) is 10.6 Å². The van der Waals surface area contributed by atoms with Crippen molar-refractivity contribution in [3.63, 3.8) is 0 Å². The van der Waals surface area contributed by atoms with Crippen LogP contribution in [0.2, 0.25) is 0 Å². The first-order valence-electron chi connectivity index (χ1n) is 3.19. The molecular weight excluding hydrogens is 163 g/mol. The summed E-state index contributed by atoms with van der Waals surface area (Å²) in [5, 5.41) is 0. The van der Waals surface area contributed by atoms with Crippen LogP contribution in [0.4, 0.5) is 4.39 Å². The van der Waals surface area contributed by atoms with Crippen molar-refractivity contribution in [3.05, 3.63) is 23.5 Å². The first-order valence-corrected chi connectivity index (χ1v) is 3.63. The molecule has 0 unspecified atom stereocenters. The van der Waals surface area contributed by atoms with Crippen molar-refractivity contribution in [2.45, 2.75) is 11.8 Å². The summed E-state index contributed by atoms with van der Waals surface area (Å²) in [6.45, 7) is 1.77. The van der Waals surface area contributed by atoms with Crippen molar-refractivity contribution in [1.29, 1.82) is 0 Å². The second-order valence-electron chi connectivity index (χ2n) is 2.22. The summed E-state index contributed by atoms with van der Waals surface area (Å²) in [5.41, 5.74) is 0.732. The third-order valence-corrected chi connectivity index (χ3v) is 2.10. The van der Waals surface area contributed by atoms with Gasteiger partial charge in [0.05, 0.1) is 7.11 Å². The van der Waals surface area contributed by atoms with E-state index in [9.17, 15) is 4.39 Å². The first-order chi connectivity index (χ1) is 5.16. The van der Waals surface area contributed by atoms with Gasteiger partial charge in [-0.2, -0.15) is 0 Å². The molecule has 0 saturated carbocycles. The Bertz CT molecular complexity index is 273. The maximum atomic E-state index is 12.8. The number of hydrogen-bond acceptors (Lipinski definition) is 2. The lowest BCUT2D eigenvalue weighted by molar-refractivity contribution is 0.408. The molecule has 1 aromatic carbocycles. The zero-order valence-electron chi connectivity index (χ0n) is 6.39. The van der Waals surface area contributed by atoms with E-state index in [1.807, 2.05) is 0 Å². The van der Waals surface area contributed by atoms with Gasteiger partial charge in [0.2, 0.25) is 0 Å². The zero-order valence-corrected chi connectivity index (χ0v) is 7.28. The summed E-state index contributed by atoms with van der Waals surface area (Å²) in [4.78, 5) is 0.351. The average Bonchev–Trinajstić information content (AvgIpc) is 2.01. The van der Waals surface area contributed by atoms with Crippen LogP contribution in [0, 0.1) is 12.7 Å². The van der Waals surface area contributed by atoms with Gasteiger partial charge in [-0.25, -0.2) is 4.39 Å². The van der Waals surface area contributed by atoms with Gasteiger partial charge < -0.3 is 4.74 Å². The molecule has 0 radical (unpaired) electrons. The fourth-order valence-electron chi connectivity index (χ4n) is 0.870. The van der Waals surface area contributed by atoms with Crippen molar-refractivity contribution in [1.82, 2.24) is 0 Å². The summed E-state index contributed by atoms with van der Waals surface area (Å²) in [5.74, 6) is 0.350. The highest BCUT2D eigenvalue weighted by Gasteiger charge is 2.05. The van der Waals surface area contributed by atoms with Crippen LogP contribution in [-0.2, 0) is 0 Å². The Morgan fingerprint density at radius 1 is 1.45 bits per heavy atom. The molecule has 0 bridgehead atoms. The largest absolute Gasteiger partial charge is 0.496 e. The van der Waals surface area contributed by atoms with Gasteiger partial charge in [0, 0.05) is 10.5 Å². The van der Waals surface area contributed by atoms with Crippen LogP contribution in [0.25, 0.3) is 0 Å². The zero-order chi connectivity index (χ0) is 8.43. The van der Waals surface area contributed by atoms with Gasteiger partial charge in [0.25, 0.3) is 0 Å². The fraction of sp³-hybridized carbons (Fsp3) is 0.250. The molecule has 0 aliphatic heterocycles. The molecule has 3 heteroatoms. The maximum Gasteiger partial charge on any atom is 0.137 e. The van der Waals surface area contributed by atoms with Gasteiger partial charge in [-0.15, -0.1) is 12.6 Å². The summed E-state index contributed by atoms with van der Waals surface area (Å²) >= 11 is 3.98. The molecule has 0 atom stereocenters. The third kappa shape index (κ3) is 1.48. The van der Waals surface area contributed by atoms with Crippen LogP contribution in [0.3, 0.4) is 0 Å². The lowest BCUT2D eigenvalue weighted by Gasteiger charge is -2.06. The van der Waals surface area contributed by atoms with Gasteiger partial charge >= 0.3 is 0 Å². The first kappa shape index (κ1) is 8.40. The molecule has 1 aromatic rings. The van der Waals surface area contributed by atoms with Crippen LogP contribution in [0.15, 0.2) is 17.0 Å². The monoisotopic (exact) mass is 172 g/mol. The van der Waals surface area contributed by atoms with Gasteiger partial charge in [-0.05, 0) is 19.1 Å². The predicted molar refractivity (Wildman–Crippen MR) is 44.9 cm³/mol. The van der Waals surface area contributed by atoms with Crippen LogP contribution >= 0.6 is 12.6 Å². The molecule has 0 aliphatic rings. The highest BCUT2D eigenvalue weighted by molar-refractivity contribution is 7.80. The van der Waals surface area contributed by atoms with Gasteiger partial charge in [-0.3, -0.25) is 0 Å². The highest BCUT2D eigenvalue weighted by atomic mass is 32.1. The van der Waals surface area contributed by atoms with Crippen molar-refractivity contribution in [2.75, 3.05) is 7.11 Å². The molecule has 1 rings (SSSR count). The van der Waals surface area contributed by atoms with E-state index in [1.165, 1.54) is 6.07 Å². The van der Waals surface area contributed by atoms with Crippen molar-refractivity contribution in [3.8, 4) is 5.75 Å². The van der Waals surface area contributed by atoms with Crippen molar-refractivity contribution in [2.24, 2.45) is 0 Å². The molecule has 0 saturated heterocycles. The van der Waals surface area contributed by atoms with E-state index in [0.717, 1.165) is 5.56 Å². The van der Waals surface area contributed by atoms with Crippen LogP contribution in [-0.4, -0.2) is 7.11 Å². The molecule has 0 N–H and O–H groups in total. The van der Waals surface area contributed by atoms with E-state index in [2.05, 4.69) is 12.6 Å². The second-order valence-corrected chi connectivity index (χ2v) is 2.67. The molecule has 0 heterocycles. The van der Waals surface area contributed by atoms with Gasteiger partial charge in [0.15, 0.2) is 0 Å². The molecule has 0 aromatic heterocycles. The van der Waals surface area contributed by atoms with E-state index >= 15 is 0 Å². The molecule has 0 amide bonds. The minimum Gasteiger partial charge on any atom is -0.496 e. The summed E-state index contributed by atoms with van der Waals surface area (Å²) in [7, 11) is 1.55. The Balaban J connectivity index is 3.25. The molecule has 11 heavy (non-hydrogen) atoms. The molecule has 0 fully saturated rings. The van der Waals surface area contributed by atoms with E-state index in [4.69, 9.17) is 4.74 Å². The van der Waals surface area contributed by atoms with Gasteiger partial charge in [-0.1, -0.05) is 0 Å². The maximum absolute atomic E-state index is 12.8. The molecule has 0 aliphatic carbocycles. The third-order valence-electron chi connectivity index (χ3n) is 1.55. The minimum atomic E-state index is -0.313. The Morgan fingerprint density at radius 2 is 2.09 bits per heavy atom. The van der Waals surface area contributed by atoms with Crippen molar-refractivity contribution < 1.29 is 9.13 Å². The SMILES string of the molecule is COc1ccc(F)c(S)c1C. The number of hydrogen-bond donors (Lipinski definition) is 1. The number of benzene rings is 1. The van der Waals surface area contributed by atoms with Gasteiger partial charge in [0.1, 0.15) is 11.6 Å². The minimum absolute atomic E-state index is 0.313. The average molecular weight is 172 g/mol. The predicted octanol–water partition coefficient (Wildman–Crippen LogP) is 2.43. The topological polar surface area (TPSA) is 9.23 Å². The summed E-state index contributed by atoms with van der Waals surface area (Å²) in [6, 6.07) is 2.93. The van der Waals surface area contributed by atoms with E-state index in [-0.39, 0.29) is 5.82 Å². The number of methoxy groups -OCH3 is 1. The Kier molecular flexibility index (Phi) is 2.39.